The van der Waals surface area contributed by atoms with Crippen LogP contribution in [-0.2, 0) is 5.41 Å². The molecule has 0 unspecified atom stereocenters. The van der Waals surface area contributed by atoms with Gasteiger partial charge in [-0.1, -0.05) is 133 Å². The Kier molecular flexibility index (Phi) is 9.41. The van der Waals surface area contributed by atoms with Crippen LogP contribution in [0.3, 0.4) is 0 Å². The molecule has 0 spiro atoms. The first-order chi connectivity index (χ1) is 29.8. The number of fused-ring (bicyclic) bond motifs is 3. The van der Waals surface area contributed by atoms with Crippen LogP contribution in [0, 0.1) is 29.1 Å². The molecule has 0 aromatic heterocycles. The molecule has 0 fully saturated rings. The first kappa shape index (κ1) is 37.7. The third kappa shape index (κ3) is 6.39. The van der Waals surface area contributed by atoms with Crippen LogP contribution in [0.15, 0.2) is 206 Å². The largest absolute Gasteiger partial charge is 0.310 e. The minimum Gasteiger partial charge on any atom is -0.310 e. The maximum Gasteiger partial charge on any atom is 0.194 e. The van der Waals surface area contributed by atoms with Gasteiger partial charge in [-0.05, 0) is 140 Å². The summed E-state index contributed by atoms with van der Waals surface area (Å²) in [7, 11) is 0. The number of hydrogen-bond donors (Lipinski definition) is 0. The molecule has 10 rings (SSSR count). The lowest BCUT2D eigenvalue weighted by Gasteiger charge is -2.36. The first-order valence-electron chi connectivity index (χ1n) is 19.9. The van der Waals surface area contributed by atoms with E-state index in [0.29, 0.717) is 5.56 Å². The fourth-order valence-corrected chi connectivity index (χ4v) is 9.04. The van der Waals surface area contributed by atoms with Crippen molar-refractivity contribution >= 4 is 17.1 Å². The van der Waals surface area contributed by atoms with Gasteiger partial charge in [0.05, 0.1) is 5.41 Å². The van der Waals surface area contributed by atoms with Gasteiger partial charge in [0.1, 0.15) is 11.6 Å². The summed E-state index contributed by atoms with van der Waals surface area (Å²) in [4.78, 5) is 2.07. The topological polar surface area (TPSA) is 3.24 Å². The Morgan fingerprint density at radius 2 is 0.787 bits per heavy atom. The SMILES string of the molecule is Fc1ccc(-c2ccc(-c3cc(F)c(F)c(F)c3)c3c2-c2ccc(N(c4ccc(F)cc4)c4ccc(-c5ccccc5)cc4)cc2C3(c2ccccc2)c2ccccc2)cc1. The molecular weight excluding hydrogens is 770 g/mol. The molecule has 0 heterocycles. The summed E-state index contributed by atoms with van der Waals surface area (Å²) in [5.74, 6) is -4.91. The highest BCUT2D eigenvalue weighted by atomic mass is 19.2. The van der Waals surface area contributed by atoms with Gasteiger partial charge in [0.25, 0.3) is 0 Å². The monoisotopic (exact) mass is 803 g/mol. The van der Waals surface area contributed by atoms with E-state index in [9.17, 15) is 13.2 Å². The molecule has 0 N–H and O–H groups in total. The zero-order chi connectivity index (χ0) is 41.7. The van der Waals surface area contributed by atoms with Crippen LogP contribution < -0.4 is 4.90 Å². The van der Waals surface area contributed by atoms with Crippen molar-refractivity contribution in [1.82, 2.24) is 0 Å². The van der Waals surface area contributed by atoms with E-state index in [2.05, 4.69) is 41.3 Å². The predicted molar refractivity (Wildman–Crippen MR) is 235 cm³/mol. The van der Waals surface area contributed by atoms with Crippen LogP contribution in [0.4, 0.5) is 39.0 Å². The number of rotatable bonds is 8. The molecule has 0 saturated carbocycles. The van der Waals surface area contributed by atoms with E-state index < -0.39 is 22.9 Å². The van der Waals surface area contributed by atoms with Crippen molar-refractivity contribution in [3.63, 3.8) is 0 Å². The molecule has 0 atom stereocenters. The normalized spacial score (nSPS) is 12.5. The first-order valence-corrected chi connectivity index (χ1v) is 19.9. The van der Waals surface area contributed by atoms with Gasteiger partial charge >= 0.3 is 0 Å². The van der Waals surface area contributed by atoms with E-state index in [1.165, 1.54) is 24.3 Å². The second kappa shape index (κ2) is 15.2. The lowest BCUT2D eigenvalue weighted by molar-refractivity contribution is 0.447. The van der Waals surface area contributed by atoms with Crippen molar-refractivity contribution in [1.29, 1.82) is 0 Å². The highest BCUT2D eigenvalue weighted by molar-refractivity contribution is 6.01. The Labute approximate surface area is 350 Å². The lowest BCUT2D eigenvalue weighted by Crippen LogP contribution is -2.29. The van der Waals surface area contributed by atoms with Crippen LogP contribution in [0.25, 0.3) is 44.5 Å². The number of benzene rings is 9. The van der Waals surface area contributed by atoms with E-state index in [1.807, 2.05) is 109 Å². The van der Waals surface area contributed by atoms with Crippen molar-refractivity contribution in [3.05, 3.63) is 258 Å². The zero-order valence-corrected chi connectivity index (χ0v) is 32.5. The molecule has 1 aliphatic carbocycles. The molecule has 0 saturated heterocycles. The molecule has 0 radical (unpaired) electrons. The summed E-state index contributed by atoms with van der Waals surface area (Å²) in [6, 6.07) is 62.7. The third-order valence-electron chi connectivity index (χ3n) is 11.7. The fraction of sp³-hybridized carbons (Fsp3) is 0.0182. The van der Waals surface area contributed by atoms with E-state index in [4.69, 9.17) is 0 Å². The van der Waals surface area contributed by atoms with Gasteiger partial charge < -0.3 is 4.90 Å². The van der Waals surface area contributed by atoms with Crippen LogP contribution in [-0.4, -0.2) is 0 Å². The smallest absolute Gasteiger partial charge is 0.194 e. The van der Waals surface area contributed by atoms with E-state index in [1.54, 1.807) is 24.3 Å². The van der Waals surface area contributed by atoms with Crippen molar-refractivity contribution in [3.8, 4) is 44.5 Å². The van der Waals surface area contributed by atoms with Crippen molar-refractivity contribution < 1.29 is 22.0 Å². The van der Waals surface area contributed by atoms with E-state index >= 15 is 8.78 Å². The molecule has 1 nitrogen and oxygen atoms in total. The average Bonchev–Trinajstić information content (AvgIpc) is 3.61. The van der Waals surface area contributed by atoms with Gasteiger partial charge in [0.15, 0.2) is 17.5 Å². The average molecular weight is 804 g/mol. The standard InChI is InChI=1S/C55H34F5N/c56-41-20-16-37(17-21-41)46-30-31-47(38-32-50(58)54(60)51(59)33-38)53-52(46)48-29-28-45(34-49(48)55(53,39-12-6-2-7-13-39)40-14-8-3-9-15-40)61(44-26-22-42(57)23-27-44)43-24-18-36(19-25-43)35-10-4-1-5-11-35/h1-34H. The summed E-state index contributed by atoms with van der Waals surface area (Å²) >= 11 is 0. The lowest BCUT2D eigenvalue weighted by atomic mass is 9.65. The van der Waals surface area contributed by atoms with Gasteiger partial charge in [-0.3, -0.25) is 0 Å². The van der Waals surface area contributed by atoms with Crippen molar-refractivity contribution in [2.75, 3.05) is 4.90 Å². The van der Waals surface area contributed by atoms with Gasteiger partial charge in [0, 0.05) is 17.1 Å². The maximum atomic E-state index is 15.3. The van der Waals surface area contributed by atoms with E-state index in [0.717, 1.165) is 84.8 Å². The third-order valence-corrected chi connectivity index (χ3v) is 11.7. The fourth-order valence-electron chi connectivity index (χ4n) is 9.04. The maximum absolute atomic E-state index is 15.3. The second-order valence-electron chi connectivity index (χ2n) is 15.1. The molecular formula is C55H34F5N. The number of nitrogens with zero attached hydrogens (tertiary/aromatic N) is 1. The summed E-state index contributed by atoms with van der Waals surface area (Å²) < 4.78 is 74.2. The molecule has 0 aliphatic heterocycles. The van der Waals surface area contributed by atoms with Crippen LogP contribution in [0.2, 0.25) is 0 Å². The zero-order valence-electron chi connectivity index (χ0n) is 32.5. The summed E-state index contributed by atoms with van der Waals surface area (Å²) in [6.45, 7) is 0. The Balaban J connectivity index is 1.31. The minimum absolute atomic E-state index is 0.161. The highest BCUT2D eigenvalue weighted by Crippen LogP contribution is 2.62. The Morgan fingerprint density at radius 1 is 0.344 bits per heavy atom. The van der Waals surface area contributed by atoms with Gasteiger partial charge in [-0.15, -0.1) is 0 Å². The quantitative estimate of drug-likeness (QED) is 0.109. The molecule has 9 aromatic rings. The Hall–Kier alpha value is -7.57. The molecule has 61 heavy (non-hydrogen) atoms. The summed E-state index contributed by atoms with van der Waals surface area (Å²) in [6.07, 6.45) is 0. The Bertz CT molecular complexity index is 2980. The molecule has 0 amide bonds. The summed E-state index contributed by atoms with van der Waals surface area (Å²) in [5.41, 5.74) is 10.4. The molecule has 9 aromatic carbocycles. The van der Waals surface area contributed by atoms with Crippen LogP contribution in [0.5, 0.6) is 0 Å². The van der Waals surface area contributed by atoms with Gasteiger partial charge in [-0.2, -0.15) is 0 Å². The van der Waals surface area contributed by atoms with Crippen molar-refractivity contribution in [2.24, 2.45) is 0 Å². The highest BCUT2D eigenvalue weighted by Gasteiger charge is 2.49. The van der Waals surface area contributed by atoms with Gasteiger partial charge in [-0.25, -0.2) is 22.0 Å². The van der Waals surface area contributed by atoms with Crippen LogP contribution in [0.1, 0.15) is 22.3 Å². The molecule has 294 valence electrons. The van der Waals surface area contributed by atoms with Crippen molar-refractivity contribution in [2.45, 2.75) is 5.41 Å². The molecule has 1 aliphatic rings. The predicted octanol–water partition coefficient (Wildman–Crippen LogP) is 15.2. The minimum atomic E-state index is -1.55. The van der Waals surface area contributed by atoms with Crippen LogP contribution >= 0.6 is 0 Å². The molecule has 0 bridgehead atoms. The van der Waals surface area contributed by atoms with Gasteiger partial charge in [0.2, 0.25) is 0 Å². The summed E-state index contributed by atoms with van der Waals surface area (Å²) in [5, 5.41) is 0. The number of hydrogen-bond acceptors (Lipinski definition) is 1. The Morgan fingerprint density at radius 3 is 1.36 bits per heavy atom. The molecule has 6 heteroatoms. The number of halogens is 5. The second-order valence-corrected chi connectivity index (χ2v) is 15.1. The number of anilines is 3. The van der Waals surface area contributed by atoms with E-state index in [-0.39, 0.29) is 17.2 Å².